The van der Waals surface area contributed by atoms with E-state index in [0.29, 0.717) is 0 Å². The second-order valence-electron chi connectivity index (χ2n) is 4.51. The molecule has 0 spiro atoms. The Morgan fingerprint density at radius 1 is 1.38 bits per heavy atom. The van der Waals surface area contributed by atoms with Gasteiger partial charge < -0.3 is 20.3 Å². The number of nitrogens with one attached hydrogen (secondary N) is 1. The predicted molar refractivity (Wildman–Crippen MR) is 72.0 cm³/mol. The Morgan fingerprint density at radius 2 is 2.05 bits per heavy atom. The van der Waals surface area contributed by atoms with E-state index in [-0.39, 0.29) is 30.0 Å². The number of carbonyl (C=O) groups excluding carboxylic acids is 2. The number of carbonyl (C=O) groups is 2. The minimum absolute atomic E-state index is 0.112. The molecule has 0 saturated carbocycles. The summed E-state index contributed by atoms with van der Waals surface area (Å²) in [5.41, 5.74) is -0.114. The largest absolute Gasteiger partial charge is 0.465 e. The van der Waals surface area contributed by atoms with Gasteiger partial charge in [0.25, 0.3) is 0 Å². The molecule has 7 heteroatoms. The second kappa shape index (κ2) is 7.70. The van der Waals surface area contributed by atoms with Crippen molar-refractivity contribution in [1.82, 2.24) is 5.32 Å². The molecule has 2 unspecified atom stereocenters. The molecule has 1 rings (SSSR count). The van der Waals surface area contributed by atoms with E-state index < -0.39 is 24.0 Å². The Labute approximate surface area is 121 Å². The highest BCUT2D eigenvalue weighted by Crippen LogP contribution is 2.21. The van der Waals surface area contributed by atoms with Crippen LogP contribution in [-0.4, -0.2) is 41.8 Å². The zero-order chi connectivity index (χ0) is 16.0. The molecular weight excluding hydrogens is 281 g/mol. The lowest BCUT2D eigenvalue weighted by Gasteiger charge is -2.18. The molecule has 0 saturated heterocycles. The normalized spacial score (nSPS) is 13.4. The van der Waals surface area contributed by atoms with E-state index in [4.69, 9.17) is 0 Å². The average molecular weight is 299 g/mol. The van der Waals surface area contributed by atoms with E-state index in [1.54, 1.807) is 0 Å². The first-order valence-electron chi connectivity index (χ1n) is 6.35. The van der Waals surface area contributed by atoms with Crippen LogP contribution in [0.3, 0.4) is 0 Å². The minimum atomic E-state index is -1.32. The van der Waals surface area contributed by atoms with Crippen molar-refractivity contribution in [3.63, 3.8) is 0 Å². The zero-order valence-corrected chi connectivity index (χ0v) is 11.8. The van der Waals surface area contributed by atoms with Crippen LogP contribution in [0.15, 0.2) is 18.2 Å². The van der Waals surface area contributed by atoms with Crippen molar-refractivity contribution >= 4 is 11.9 Å². The molecule has 0 heterocycles. The van der Waals surface area contributed by atoms with Crippen molar-refractivity contribution in [2.75, 3.05) is 13.7 Å². The van der Waals surface area contributed by atoms with Gasteiger partial charge in [0.2, 0.25) is 5.91 Å². The summed E-state index contributed by atoms with van der Waals surface area (Å²) in [6, 6.07) is 3.49. The van der Waals surface area contributed by atoms with Crippen molar-refractivity contribution in [3.8, 4) is 0 Å². The smallest absolute Gasteiger partial charge is 0.340 e. The lowest BCUT2D eigenvalue weighted by molar-refractivity contribution is -0.119. The zero-order valence-electron chi connectivity index (χ0n) is 11.8. The van der Waals surface area contributed by atoms with Crippen LogP contribution in [-0.2, 0) is 9.53 Å². The van der Waals surface area contributed by atoms with Gasteiger partial charge in [-0.1, -0.05) is 6.07 Å². The Kier molecular flexibility index (Phi) is 6.26. The standard InChI is InChI=1S/C14H18FNO5/c1-8(17)16-6-5-12(18)13(19)9-3-4-10(11(15)7-9)14(20)21-2/h3-4,7,12-13,18-19H,5-6H2,1-2H3,(H,16,17). The first-order chi connectivity index (χ1) is 9.86. The van der Waals surface area contributed by atoms with Crippen LogP contribution < -0.4 is 5.32 Å². The summed E-state index contributed by atoms with van der Waals surface area (Å²) in [7, 11) is 1.14. The lowest BCUT2D eigenvalue weighted by atomic mass is 10.0. The molecule has 6 nitrogen and oxygen atoms in total. The van der Waals surface area contributed by atoms with E-state index in [1.807, 2.05) is 0 Å². The summed E-state index contributed by atoms with van der Waals surface area (Å²) < 4.78 is 18.1. The number of esters is 1. The van der Waals surface area contributed by atoms with Crippen LogP contribution in [0.5, 0.6) is 0 Å². The maximum atomic E-state index is 13.7. The average Bonchev–Trinajstić information content (AvgIpc) is 2.45. The van der Waals surface area contributed by atoms with E-state index in [9.17, 15) is 24.2 Å². The van der Waals surface area contributed by atoms with Crippen LogP contribution in [0.25, 0.3) is 0 Å². The minimum Gasteiger partial charge on any atom is -0.465 e. The number of rotatable bonds is 6. The maximum absolute atomic E-state index is 13.7. The fraction of sp³-hybridized carbons (Fsp3) is 0.429. The van der Waals surface area contributed by atoms with Crippen molar-refractivity contribution < 1.29 is 28.9 Å². The highest BCUT2D eigenvalue weighted by atomic mass is 19.1. The molecule has 1 aromatic rings. The third kappa shape index (κ3) is 4.80. The lowest BCUT2D eigenvalue weighted by Crippen LogP contribution is -2.27. The maximum Gasteiger partial charge on any atom is 0.340 e. The molecule has 0 fully saturated rings. The topological polar surface area (TPSA) is 95.9 Å². The summed E-state index contributed by atoms with van der Waals surface area (Å²) >= 11 is 0. The van der Waals surface area contributed by atoms with Crippen LogP contribution in [0, 0.1) is 5.82 Å². The fourth-order valence-corrected chi connectivity index (χ4v) is 1.77. The number of aliphatic hydroxyl groups is 2. The Bertz CT molecular complexity index is 520. The summed E-state index contributed by atoms with van der Waals surface area (Å²) in [6.07, 6.45) is -2.37. The van der Waals surface area contributed by atoms with Gasteiger partial charge >= 0.3 is 5.97 Å². The number of benzene rings is 1. The Morgan fingerprint density at radius 3 is 2.57 bits per heavy atom. The van der Waals surface area contributed by atoms with Gasteiger partial charge in [-0.3, -0.25) is 4.79 Å². The van der Waals surface area contributed by atoms with Crippen molar-refractivity contribution in [2.24, 2.45) is 0 Å². The van der Waals surface area contributed by atoms with E-state index >= 15 is 0 Å². The first kappa shape index (κ1) is 17.1. The van der Waals surface area contributed by atoms with Crippen LogP contribution in [0.4, 0.5) is 4.39 Å². The van der Waals surface area contributed by atoms with E-state index in [2.05, 4.69) is 10.1 Å². The number of halogens is 1. The number of hydrogen-bond acceptors (Lipinski definition) is 5. The molecule has 0 aliphatic rings. The summed E-state index contributed by atoms with van der Waals surface area (Å²) in [5, 5.41) is 22.2. The van der Waals surface area contributed by atoms with Gasteiger partial charge in [-0.05, 0) is 24.1 Å². The quantitative estimate of drug-likeness (QED) is 0.666. The van der Waals surface area contributed by atoms with E-state index in [0.717, 1.165) is 13.2 Å². The van der Waals surface area contributed by atoms with Crippen molar-refractivity contribution in [2.45, 2.75) is 25.6 Å². The summed E-state index contributed by atoms with van der Waals surface area (Å²) in [6.45, 7) is 1.53. The molecule has 0 bridgehead atoms. The molecule has 116 valence electrons. The van der Waals surface area contributed by atoms with E-state index in [1.165, 1.54) is 19.1 Å². The summed E-state index contributed by atoms with van der Waals surface area (Å²) in [5.74, 6) is -1.91. The highest BCUT2D eigenvalue weighted by Gasteiger charge is 2.21. The SMILES string of the molecule is COC(=O)c1ccc(C(O)C(O)CCNC(C)=O)cc1F. The number of aliphatic hydroxyl groups excluding tert-OH is 2. The molecule has 21 heavy (non-hydrogen) atoms. The van der Waals surface area contributed by atoms with Crippen molar-refractivity contribution in [1.29, 1.82) is 0 Å². The first-order valence-corrected chi connectivity index (χ1v) is 6.35. The Balaban J connectivity index is 2.74. The highest BCUT2D eigenvalue weighted by molar-refractivity contribution is 5.89. The van der Waals surface area contributed by atoms with Gasteiger partial charge in [-0.2, -0.15) is 0 Å². The number of methoxy groups -OCH3 is 1. The van der Waals surface area contributed by atoms with Gasteiger partial charge in [0.1, 0.15) is 11.9 Å². The second-order valence-corrected chi connectivity index (χ2v) is 4.51. The molecule has 0 aliphatic heterocycles. The molecule has 1 aromatic carbocycles. The summed E-state index contributed by atoms with van der Waals surface area (Å²) in [4.78, 5) is 21.9. The van der Waals surface area contributed by atoms with Gasteiger partial charge in [0, 0.05) is 13.5 Å². The number of ether oxygens (including phenoxy) is 1. The molecule has 0 radical (unpaired) electrons. The van der Waals surface area contributed by atoms with Gasteiger partial charge in [-0.25, -0.2) is 9.18 Å². The molecule has 2 atom stereocenters. The van der Waals surface area contributed by atoms with Gasteiger partial charge in [0.05, 0.1) is 18.8 Å². The predicted octanol–water partition coefficient (Wildman–Crippen LogP) is 0.533. The number of hydrogen-bond donors (Lipinski definition) is 3. The third-order valence-corrected chi connectivity index (χ3v) is 2.92. The van der Waals surface area contributed by atoms with Gasteiger partial charge in [-0.15, -0.1) is 0 Å². The van der Waals surface area contributed by atoms with Crippen LogP contribution >= 0.6 is 0 Å². The Hall–Kier alpha value is -1.99. The molecule has 1 amide bonds. The fourth-order valence-electron chi connectivity index (χ4n) is 1.77. The molecule has 0 aromatic heterocycles. The molecular formula is C14H18FNO5. The monoisotopic (exact) mass is 299 g/mol. The van der Waals surface area contributed by atoms with Crippen LogP contribution in [0.2, 0.25) is 0 Å². The molecule has 3 N–H and O–H groups in total. The van der Waals surface area contributed by atoms with Crippen molar-refractivity contribution in [3.05, 3.63) is 35.1 Å². The molecule has 0 aliphatic carbocycles. The third-order valence-electron chi connectivity index (χ3n) is 2.92. The van der Waals surface area contributed by atoms with Crippen LogP contribution in [0.1, 0.15) is 35.4 Å². The number of amides is 1. The van der Waals surface area contributed by atoms with Gasteiger partial charge in [0.15, 0.2) is 0 Å².